The molecular weight excluding hydrogens is 310 g/mol. The standard InChI is InChI=1S/C13H12BrN3O2/c14-9-3-8(5-17-6-9)7-19-12-2-1-10(15)4-11(12)13(16)18/h1-6H,7,15H2,(H2,16,18). The van der Waals surface area contributed by atoms with E-state index in [1.165, 1.54) is 6.07 Å². The summed E-state index contributed by atoms with van der Waals surface area (Å²) in [5, 5.41) is 0. The molecule has 4 N–H and O–H groups in total. The van der Waals surface area contributed by atoms with Crippen LogP contribution in [0.1, 0.15) is 15.9 Å². The highest BCUT2D eigenvalue weighted by molar-refractivity contribution is 9.10. The number of hydrogen-bond donors (Lipinski definition) is 2. The molecule has 2 rings (SSSR count). The van der Waals surface area contributed by atoms with Crippen LogP contribution >= 0.6 is 15.9 Å². The number of aromatic nitrogens is 1. The molecule has 0 unspecified atom stereocenters. The van der Waals surface area contributed by atoms with E-state index in [2.05, 4.69) is 20.9 Å². The van der Waals surface area contributed by atoms with Crippen molar-refractivity contribution in [1.82, 2.24) is 4.98 Å². The molecule has 0 saturated carbocycles. The first kappa shape index (κ1) is 13.4. The van der Waals surface area contributed by atoms with Crippen molar-refractivity contribution in [2.24, 2.45) is 5.73 Å². The van der Waals surface area contributed by atoms with E-state index in [1.54, 1.807) is 24.5 Å². The maximum Gasteiger partial charge on any atom is 0.252 e. The molecule has 0 aliphatic rings. The topological polar surface area (TPSA) is 91.2 Å². The Bertz CT molecular complexity index is 617. The second kappa shape index (κ2) is 5.71. The Balaban J connectivity index is 2.17. The summed E-state index contributed by atoms with van der Waals surface area (Å²) in [6, 6.07) is 6.66. The third-order valence-corrected chi connectivity index (χ3v) is 2.86. The number of carbonyl (C=O) groups excluding carboxylic acids is 1. The fraction of sp³-hybridized carbons (Fsp3) is 0.0769. The predicted molar refractivity (Wildman–Crippen MR) is 75.6 cm³/mol. The Kier molecular flexibility index (Phi) is 4.01. The number of benzene rings is 1. The van der Waals surface area contributed by atoms with E-state index >= 15 is 0 Å². The summed E-state index contributed by atoms with van der Waals surface area (Å²) in [5.74, 6) is -0.170. The molecule has 1 aromatic heterocycles. The van der Waals surface area contributed by atoms with Crippen LogP contribution in [-0.4, -0.2) is 10.9 Å². The van der Waals surface area contributed by atoms with Gasteiger partial charge in [0.1, 0.15) is 12.4 Å². The maximum absolute atomic E-state index is 11.3. The van der Waals surface area contributed by atoms with Crippen LogP contribution in [0.3, 0.4) is 0 Å². The van der Waals surface area contributed by atoms with E-state index < -0.39 is 5.91 Å². The number of hydrogen-bond acceptors (Lipinski definition) is 4. The Morgan fingerprint density at radius 3 is 2.79 bits per heavy atom. The van der Waals surface area contributed by atoms with Crippen molar-refractivity contribution in [3.63, 3.8) is 0 Å². The first-order chi connectivity index (χ1) is 9.06. The van der Waals surface area contributed by atoms with Gasteiger partial charge in [-0.15, -0.1) is 0 Å². The quantitative estimate of drug-likeness (QED) is 0.843. The number of carbonyl (C=O) groups is 1. The molecule has 0 fully saturated rings. The lowest BCUT2D eigenvalue weighted by Gasteiger charge is -2.10. The molecule has 0 bridgehead atoms. The Morgan fingerprint density at radius 1 is 1.32 bits per heavy atom. The van der Waals surface area contributed by atoms with Crippen molar-refractivity contribution in [2.75, 3.05) is 5.73 Å². The summed E-state index contributed by atoms with van der Waals surface area (Å²) in [5.41, 5.74) is 12.5. The number of ether oxygens (including phenoxy) is 1. The number of halogens is 1. The van der Waals surface area contributed by atoms with Gasteiger partial charge in [0.2, 0.25) is 0 Å². The average molecular weight is 322 g/mol. The molecule has 6 heteroatoms. The first-order valence-electron chi connectivity index (χ1n) is 5.48. The molecule has 0 aliphatic carbocycles. The highest BCUT2D eigenvalue weighted by Gasteiger charge is 2.10. The lowest BCUT2D eigenvalue weighted by Crippen LogP contribution is -2.13. The third kappa shape index (κ3) is 3.45. The van der Waals surface area contributed by atoms with Gasteiger partial charge in [-0.3, -0.25) is 9.78 Å². The van der Waals surface area contributed by atoms with Crippen LogP contribution in [0.15, 0.2) is 41.1 Å². The number of nitrogen functional groups attached to an aromatic ring is 1. The third-order valence-electron chi connectivity index (χ3n) is 2.42. The van der Waals surface area contributed by atoms with Gasteiger partial charge < -0.3 is 16.2 Å². The minimum Gasteiger partial charge on any atom is -0.488 e. The molecule has 0 aliphatic heterocycles. The maximum atomic E-state index is 11.3. The van der Waals surface area contributed by atoms with Crippen LogP contribution in [0.25, 0.3) is 0 Å². The number of nitrogens with two attached hydrogens (primary N) is 2. The predicted octanol–water partition coefficient (Wildman–Crippen LogP) is 2.10. The van der Waals surface area contributed by atoms with Crippen LogP contribution < -0.4 is 16.2 Å². The van der Waals surface area contributed by atoms with E-state index in [9.17, 15) is 4.79 Å². The van der Waals surface area contributed by atoms with Gasteiger partial charge in [0, 0.05) is 28.1 Å². The molecular formula is C13H12BrN3O2. The molecule has 1 aromatic carbocycles. The Hall–Kier alpha value is -2.08. The molecule has 5 nitrogen and oxygen atoms in total. The molecule has 0 spiro atoms. The SMILES string of the molecule is NC(=O)c1cc(N)ccc1OCc1cncc(Br)c1. The van der Waals surface area contributed by atoms with Crippen LogP contribution in [0.2, 0.25) is 0 Å². The zero-order valence-corrected chi connectivity index (χ0v) is 11.6. The number of anilines is 1. The highest BCUT2D eigenvalue weighted by Crippen LogP contribution is 2.22. The number of rotatable bonds is 4. The van der Waals surface area contributed by atoms with Crippen LogP contribution in [0.5, 0.6) is 5.75 Å². The first-order valence-corrected chi connectivity index (χ1v) is 6.27. The molecule has 1 heterocycles. The number of primary amides is 1. The van der Waals surface area contributed by atoms with Crippen LogP contribution in [0, 0.1) is 0 Å². The zero-order valence-electron chi connectivity index (χ0n) is 9.97. The van der Waals surface area contributed by atoms with Gasteiger partial charge in [0.25, 0.3) is 5.91 Å². The fourth-order valence-electron chi connectivity index (χ4n) is 1.56. The highest BCUT2D eigenvalue weighted by atomic mass is 79.9. The minimum atomic E-state index is -0.574. The monoisotopic (exact) mass is 321 g/mol. The fourth-order valence-corrected chi connectivity index (χ4v) is 1.97. The lowest BCUT2D eigenvalue weighted by atomic mass is 10.1. The van der Waals surface area contributed by atoms with E-state index in [1.807, 2.05) is 6.07 Å². The van der Waals surface area contributed by atoms with Crippen LogP contribution in [0.4, 0.5) is 5.69 Å². The van der Waals surface area contributed by atoms with Gasteiger partial charge in [0.15, 0.2) is 0 Å². The zero-order chi connectivity index (χ0) is 13.8. The van der Waals surface area contributed by atoms with Crippen molar-refractivity contribution in [1.29, 1.82) is 0 Å². The van der Waals surface area contributed by atoms with E-state index in [0.29, 0.717) is 11.4 Å². The lowest BCUT2D eigenvalue weighted by molar-refractivity contribution is 0.0996. The smallest absolute Gasteiger partial charge is 0.252 e. The summed E-state index contributed by atoms with van der Waals surface area (Å²) < 4.78 is 6.44. The van der Waals surface area contributed by atoms with Crippen molar-refractivity contribution in [2.45, 2.75) is 6.61 Å². The van der Waals surface area contributed by atoms with Gasteiger partial charge in [-0.1, -0.05) is 0 Å². The van der Waals surface area contributed by atoms with Gasteiger partial charge in [-0.05, 0) is 40.2 Å². The van der Waals surface area contributed by atoms with E-state index in [-0.39, 0.29) is 12.2 Å². The summed E-state index contributed by atoms with van der Waals surface area (Å²) >= 11 is 3.33. The largest absolute Gasteiger partial charge is 0.488 e. The molecule has 0 atom stereocenters. The molecule has 1 amide bonds. The number of pyridine rings is 1. The van der Waals surface area contributed by atoms with Gasteiger partial charge in [-0.2, -0.15) is 0 Å². The summed E-state index contributed by atoms with van der Waals surface area (Å²) in [7, 11) is 0. The second-order valence-corrected chi connectivity index (χ2v) is 4.84. The van der Waals surface area contributed by atoms with E-state index in [4.69, 9.17) is 16.2 Å². The van der Waals surface area contributed by atoms with Gasteiger partial charge in [0.05, 0.1) is 5.56 Å². The van der Waals surface area contributed by atoms with Crippen molar-refractivity contribution < 1.29 is 9.53 Å². The molecule has 98 valence electrons. The summed E-state index contributed by atoms with van der Waals surface area (Å²) in [4.78, 5) is 15.3. The summed E-state index contributed by atoms with van der Waals surface area (Å²) in [6.45, 7) is 0.288. The number of amides is 1. The Labute approximate surface area is 118 Å². The minimum absolute atomic E-state index is 0.267. The molecule has 0 radical (unpaired) electrons. The van der Waals surface area contributed by atoms with Gasteiger partial charge >= 0.3 is 0 Å². The Morgan fingerprint density at radius 2 is 2.11 bits per heavy atom. The molecule has 19 heavy (non-hydrogen) atoms. The van der Waals surface area contributed by atoms with Crippen LogP contribution in [-0.2, 0) is 6.61 Å². The average Bonchev–Trinajstić information content (AvgIpc) is 2.37. The number of nitrogens with zero attached hydrogens (tertiary/aromatic N) is 1. The van der Waals surface area contributed by atoms with Crippen molar-refractivity contribution in [3.8, 4) is 5.75 Å². The van der Waals surface area contributed by atoms with Crippen molar-refractivity contribution in [3.05, 3.63) is 52.3 Å². The summed E-state index contributed by atoms with van der Waals surface area (Å²) in [6.07, 6.45) is 3.37. The second-order valence-electron chi connectivity index (χ2n) is 3.92. The van der Waals surface area contributed by atoms with E-state index in [0.717, 1.165) is 10.0 Å². The van der Waals surface area contributed by atoms with Crippen molar-refractivity contribution >= 4 is 27.5 Å². The van der Waals surface area contributed by atoms with Gasteiger partial charge in [-0.25, -0.2) is 0 Å². The normalized spacial score (nSPS) is 10.2. The molecule has 0 saturated heterocycles. The molecule has 2 aromatic rings.